The molecule has 0 heterocycles. The molecule has 0 amide bonds. The molecule has 94 valence electrons. The van der Waals surface area contributed by atoms with Crippen LogP contribution in [-0.2, 0) is 0 Å². The van der Waals surface area contributed by atoms with Crippen LogP contribution in [0, 0.1) is 16.7 Å². The van der Waals surface area contributed by atoms with E-state index >= 15 is 0 Å². The molecule has 0 atom stereocenters. The van der Waals surface area contributed by atoms with Gasteiger partial charge in [0.25, 0.3) is 0 Å². The van der Waals surface area contributed by atoms with Gasteiger partial charge in [0.2, 0.25) is 0 Å². The number of hydrogen-bond donors (Lipinski definition) is 0. The lowest BCUT2D eigenvalue weighted by atomic mass is 9.92. The lowest BCUT2D eigenvalue weighted by molar-refractivity contribution is 0.112. The van der Waals surface area contributed by atoms with Gasteiger partial charge in [0.05, 0.1) is 11.5 Å². The van der Waals surface area contributed by atoms with E-state index in [2.05, 4.69) is 6.07 Å². The highest BCUT2D eigenvalue weighted by molar-refractivity contribution is 6.01. The van der Waals surface area contributed by atoms with Gasteiger partial charge in [-0.05, 0) is 30.2 Å². The van der Waals surface area contributed by atoms with Crippen LogP contribution in [0.3, 0.4) is 0 Å². The Balaban J connectivity index is 2.57. The van der Waals surface area contributed by atoms with Crippen molar-refractivity contribution in [1.29, 1.82) is 5.26 Å². The number of rotatable bonds is 3. The van der Waals surface area contributed by atoms with Gasteiger partial charge < -0.3 is 0 Å². The van der Waals surface area contributed by atoms with Crippen LogP contribution < -0.4 is 0 Å². The average molecular weight is 249 g/mol. The Morgan fingerprint density at radius 3 is 2.58 bits per heavy atom. The third kappa shape index (κ3) is 2.71. The van der Waals surface area contributed by atoms with Crippen LogP contribution in [-0.4, -0.2) is 6.29 Å². The number of fused-ring (bicyclic) bond motifs is 1. The summed E-state index contributed by atoms with van der Waals surface area (Å²) in [5.74, 6) is 0. The zero-order valence-corrected chi connectivity index (χ0v) is 11.1. The summed E-state index contributed by atoms with van der Waals surface area (Å²) in [5.41, 5.74) is 0.978. The van der Waals surface area contributed by atoms with Crippen LogP contribution in [0.2, 0.25) is 0 Å². The van der Waals surface area contributed by atoms with Gasteiger partial charge in [0, 0.05) is 5.56 Å². The third-order valence-electron chi connectivity index (χ3n) is 3.09. The first kappa shape index (κ1) is 13.0. The Labute approximate surface area is 113 Å². The molecule has 2 heteroatoms. The average Bonchev–Trinajstić information content (AvgIpc) is 2.44. The molecule has 2 rings (SSSR count). The summed E-state index contributed by atoms with van der Waals surface area (Å²) in [6, 6.07) is 13.9. The van der Waals surface area contributed by atoms with Gasteiger partial charge in [0.1, 0.15) is 0 Å². The van der Waals surface area contributed by atoms with Gasteiger partial charge in [-0.15, -0.1) is 0 Å². The van der Waals surface area contributed by atoms with E-state index < -0.39 is 5.41 Å². The van der Waals surface area contributed by atoms with Crippen LogP contribution in [0.4, 0.5) is 0 Å². The molecule has 0 unspecified atom stereocenters. The minimum atomic E-state index is -0.536. The number of aldehydes is 1. The molecule has 0 spiro atoms. The maximum absolute atomic E-state index is 11.3. The molecule has 0 radical (unpaired) electrons. The first-order valence-electron chi connectivity index (χ1n) is 6.15. The molecule has 0 aliphatic carbocycles. The molecule has 0 saturated heterocycles. The molecule has 19 heavy (non-hydrogen) atoms. The van der Waals surface area contributed by atoms with E-state index in [1.54, 1.807) is 0 Å². The smallest absolute Gasteiger partial charge is 0.151 e. The van der Waals surface area contributed by atoms with Crippen molar-refractivity contribution in [3.8, 4) is 6.07 Å². The van der Waals surface area contributed by atoms with Crippen molar-refractivity contribution in [2.75, 3.05) is 0 Å². The van der Waals surface area contributed by atoms with Gasteiger partial charge >= 0.3 is 0 Å². The first-order chi connectivity index (χ1) is 9.07. The maximum Gasteiger partial charge on any atom is 0.151 e. The highest BCUT2D eigenvalue weighted by Gasteiger charge is 2.12. The molecule has 0 fully saturated rings. The molecule has 0 N–H and O–H groups in total. The van der Waals surface area contributed by atoms with Crippen molar-refractivity contribution < 1.29 is 4.79 Å². The zero-order valence-electron chi connectivity index (χ0n) is 11.1. The van der Waals surface area contributed by atoms with Gasteiger partial charge in [-0.1, -0.05) is 48.6 Å². The molecule has 2 aromatic rings. The summed E-state index contributed by atoms with van der Waals surface area (Å²) in [5, 5.41) is 11.0. The van der Waals surface area contributed by atoms with E-state index in [9.17, 15) is 4.79 Å². The normalized spacial score (nSPS) is 11.6. The second-order valence-electron chi connectivity index (χ2n) is 5.07. The van der Waals surface area contributed by atoms with Crippen molar-refractivity contribution in [1.82, 2.24) is 0 Å². The Bertz CT molecular complexity index is 690. The number of nitriles is 1. The van der Waals surface area contributed by atoms with Crippen molar-refractivity contribution >= 4 is 23.1 Å². The topological polar surface area (TPSA) is 40.9 Å². The molecule has 0 aliphatic heterocycles. The summed E-state index contributed by atoms with van der Waals surface area (Å²) in [7, 11) is 0. The fourth-order valence-electron chi connectivity index (χ4n) is 1.92. The Hall–Kier alpha value is -2.40. The lowest BCUT2D eigenvalue weighted by Crippen LogP contribution is -2.02. The number of benzene rings is 2. The van der Waals surface area contributed by atoms with Crippen molar-refractivity contribution in [2.45, 2.75) is 13.8 Å². The second-order valence-corrected chi connectivity index (χ2v) is 5.07. The minimum absolute atomic E-state index is 0.536. The standard InChI is InChI=1S/C17H15NO/c1-17(2,12-18)10-9-14-8-7-13-5-3-4-6-15(13)16(14)11-19/h3-11H,1-2H3. The zero-order chi connectivity index (χ0) is 13.9. The molecule has 0 aromatic heterocycles. The highest BCUT2D eigenvalue weighted by atomic mass is 16.1. The number of nitrogens with zero attached hydrogens (tertiary/aromatic N) is 1. The Morgan fingerprint density at radius 1 is 1.16 bits per heavy atom. The summed E-state index contributed by atoms with van der Waals surface area (Å²) >= 11 is 0. The molecule has 0 bridgehead atoms. The molecule has 0 saturated carbocycles. The van der Waals surface area contributed by atoms with Crippen LogP contribution in [0.1, 0.15) is 29.8 Å². The van der Waals surface area contributed by atoms with E-state index in [4.69, 9.17) is 5.26 Å². The monoisotopic (exact) mass is 249 g/mol. The molecular formula is C17H15NO. The fraction of sp³-hybridized carbons (Fsp3) is 0.176. The molecule has 2 nitrogen and oxygen atoms in total. The summed E-state index contributed by atoms with van der Waals surface area (Å²) in [6.45, 7) is 3.68. The summed E-state index contributed by atoms with van der Waals surface area (Å²) in [6.07, 6.45) is 4.55. The number of carbonyl (C=O) groups excluding carboxylic acids is 1. The predicted octanol–water partition coefficient (Wildman–Crippen LogP) is 4.22. The Morgan fingerprint density at radius 2 is 1.89 bits per heavy atom. The van der Waals surface area contributed by atoms with Crippen molar-refractivity contribution in [2.24, 2.45) is 5.41 Å². The van der Waals surface area contributed by atoms with E-state index in [0.29, 0.717) is 5.56 Å². The lowest BCUT2D eigenvalue weighted by Gasteiger charge is -2.09. The number of hydrogen-bond acceptors (Lipinski definition) is 2. The number of carbonyl (C=O) groups is 1. The fourth-order valence-corrected chi connectivity index (χ4v) is 1.92. The van der Waals surface area contributed by atoms with Gasteiger partial charge in [0.15, 0.2) is 6.29 Å². The second kappa shape index (κ2) is 5.07. The number of allylic oxidation sites excluding steroid dienone is 1. The van der Waals surface area contributed by atoms with E-state index in [1.807, 2.05) is 62.4 Å². The Kier molecular flexibility index (Phi) is 3.48. The van der Waals surface area contributed by atoms with Gasteiger partial charge in [-0.2, -0.15) is 5.26 Å². The third-order valence-corrected chi connectivity index (χ3v) is 3.09. The van der Waals surface area contributed by atoms with E-state index in [1.165, 1.54) is 0 Å². The SMILES string of the molecule is CC(C)(C#N)C=Cc1ccc2ccccc2c1C=O. The highest BCUT2D eigenvalue weighted by Crippen LogP contribution is 2.24. The summed E-state index contributed by atoms with van der Waals surface area (Å²) in [4.78, 5) is 11.3. The van der Waals surface area contributed by atoms with E-state index in [-0.39, 0.29) is 0 Å². The molecule has 2 aromatic carbocycles. The van der Waals surface area contributed by atoms with Gasteiger partial charge in [-0.3, -0.25) is 4.79 Å². The van der Waals surface area contributed by atoms with Crippen molar-refractivity contribution in [3.05, 3.63) is 53.6 Å². The van der Waals surface area contributed by atoms with E-state index in [0.717, 1.165) is 22.6 Å². The molecular weight excluding hydrogens is 234 g/mol. The van der Waals surface area contributed by atoms with Crippen molar-refractivity contribution in [3.63, 3.8) is 0 Å². The molecule has 0 aliphatic rings. The largest absolute Gasteiger partial charge is 0.298 e. The van der Waals surface area contributed by atoms with Crippen LogP contribution in [0.25, 0.3) is 16.8 Å². The quantitative estimate of drug-likeness (QED) is 0.764. The first-order valence-corrected chi connectivity index (χ1v) is 6.15. The van der Waals surface area contributed by atoms with Crippen LogP contribution in [0.5, 0.6) is 0 Å². The maximum atomic E-state index is 11.3. The predicted molar refractivity (Wildman–Crippen MR) is 77.8 cm³/mol. The minimum Gasteiger partial charge on any atom is -0.298 e. The summed E-state index contributed by atoms with van der Waals surface area (Å²) < 4.78 is 0. The van der Waals surface area contributed by atoms with Crippen LogP contribution in [0.15, 0.2) is 42.5 Å². The van der Waals surface area contributed by atoms with Gasteiger partial charge in [-0.25, -0.2) is 0 Å². The van der Waals surface area contributed by atoms with Crippen LogP contribution >= 0.6 is 0 Å².